The van der Waals surface area contributed by atoms with Crippen molar-refractivity contribution in [2.24, 2.45) is 23.7 Å². The lowest BCUT2D eigenvalue weighted by molar-refractivity contribution is -0.185. The fraction of sp³-hybridized carbons (Fsp3) is 1.00. The summed E-state index contributed by atoms with van der Waals surface area (Å²) in [5, 5.41) is 0. The molecule has 1 aliphatic heterocycles. The maximum atomic E-state index is 5.90. The first kappa shape index (κ1) is 16.8. The molecule has 22 heavy (non-hydrogen) atoms. The highest BCUT2D eigenvalue weighted by molar-refractivity contribution is 4.86. The van der Waals surface area contributed by atoms with Gasteiger partial charge in [0.25, 0.3) is 0 Å². The van der Waals surface area contributed by atoms with Gasteiger partial charge in [-0.15, -0.1) is 0 Å². The van der Waals surface area contributed by atoms with Crippen molar-refractivity contribution in [1.29, 1.82) is 0 Å². The van der Waals surface area contributed by atoms with Crippen LogP contribution >= 0.6 is 0 Å². The molecule has 0 aromatic heterocycles. The van der Waals surface area contributed by atoms with Crippen LogP contribution in [-0.4, -0.2) is 19.0 Å². The van der Waals surface area contributed by atoms with E-state index in [1.165, 1.54) is 57.8 Å². The van der Waals surface area contributed by atoms with Crippen molar-refractivity contribution < 1.29 is 9.47 Å². The van der Waals surface area contributed by atoms with Crippen LogP contribution in [0.1, 0.15) is 84.5 Å². The Bertz CT molecular complexity index is 323. The molecule has 2 nitrogen and oxygen atoms in total. The van der Waals surface area contributed by atoms with Gasteiger partial charge >= 0.3 is 0 Å². The zero-order valence-corrected chi connectivity index (χ0v) is 14.8. The average molecular weight is 309 g/mol. The van der Waals surface area contributed by atoms with Crippen molar-refractivity contribution >= 4 is 0 Å². The lowest BCUT2D eigenvalue weighted by atomic mass is 9.71. The molecule has 2 unspecified atom stereocenters. The molecule has 1 spiro atoms. The Labute approximate surface area is 137 Å². The smallest absolute Gasteiger partial charge is 0.168 e. The first-order chi connectivity index (χ1) is 10.7. The van der Waals surface area contributed by atoms with Gasteiger partial charge in [-0.1, -0.05) is 46.0 Å². The molecule has 1 heterocycles. The molecule has 128 valence electrons. The Hall–Kier alpha value is -0.0800. The normalized spacial score (nSPS) is 34.0. The summed E-state index contributed by atoms with van der Waals surface area (Å²) in [4.78, 5) is 0. The lowest BCUT2D eigenvalue weighted by Crippen LogP contribution is -2.37. The molecular formula is C20H36O2. The average Bonchev–Trinajstić information content (AvgIpc) is 2.92. The minimum atomic E-state index is -0.168. The van der Waals surface area contributed by atoms with E-state index < -0.39 is 0 Å². The Kier molecular flexibility index (Phi) is 5.84. The van der Waals surface area contributed by atoms with E-state index in [0.717, 1.165) is 49.7 Å². The Morgan fingerprint density at radius 2 is 1.45 bits per heavy atom. The third-order valence-corrected chi connectivity index (χ3v) is 6.46. The quantitative estimate of drug-likeness (QED) is 0.680. The topological polar surface area (TPSA) is 18.5 Å². The summed E-state index contributed by atoms with van der Waals surface area (Å²) in [5.74, 6) is 3.62. The van der Waals surface area contributed by atoms with E-state index in [1.807, 2.05) is 0 Å². The maximum absolute atomic E-state index is 5.90. The third-order valence-electron chi connectivity index (χ3n) is 6.46. The first-order valence-corrected chi connectivity index (χ1v) is 9.95. The Morgan fingerprint density at radius 3 is 2.14 bits per heavy atom. The van der Waals surface area contributed by atoms with Crippen molar-refractivity contribution in [3.63, 3.8) is 0 Å². The highest BCUT2D eigenvalue weighted by Crippen LogP contribution is 2.44. The molecule has 3 fully saturated rings. The number of hydrogen-bond acceptors (Lipinski definition) is 2. The Morgan fingerprint density at radius 1 is 0.818 bits per heavy atom. The molecule has 0 aromatic rings. The summed E-state index contributed by atoms with van der Waals surface area (Å²) in [6, 6.07) is 0. The predicted octanol–water partition coefficient (Wildman–Crippen LogP) is 5.55. The van der Waals surface area contributed by atoms with E-state index in [9.17, 15) is 0 Å². The van der Waals surface area contributed by atoms with Crippen LogP contribution in [0.25, 0.3) is 0 Å². The Balaban J connectivity index is 1.49. The van der Waals surface area contributed by atoms with Gasteiger partial charge < -0.3 is 9.47 Å². The molecule has 0 N–H and O–H groups in total. The van der Waals surface area contributed by atoms with Crippen molar-refractivity contribution in [2.75, 3.05) is 13.2 Å². The monoisotopic (exact) mass is 308 g/mol. The van der Waals surface area contributed by atoms with Gasteiger partial charge in [0, 0.05) is 12.8 Å². The second-order valence-corrected chi connectivity index (χ2v) is 8.56. The summed E-state index contributed by atoms with van der Waals surface area (Å²) in [6.07, 6.45) is 15.3. The standard InChI is InChI=1S/C20H36O2/c1-16(2)15-17-5-3-4-6-18(8-7-17)19-9-11-20(12-10-19)21-13-14-22-20/h16-19H,3-15H2,1-2H3. The number of hydrogen-bond donors (Lipinski definition) is 0. The summed E-state index contributed by atoms with van der Waals surface area (Å²) in [6.45, 7) is 6.40. The van der Waals surface area contributed by atoms with Crippen LogP contribution in [0.5, 0.6) is 0 Å². The molecule has 3 aliphatic rings. The van der Waals surface area contributed by atoms with E-state index in [1.54, 1.807) is 0 Å². The van der Waals surface area contributed by atoms with E-state index >= 15 is 0 Å². The van der Waals surface area contributed by atoms with Gasteiger partial charge in [-0.25, -0.2) is 0 Å². The molecule has 0 bridgehead atoms. The van der Waals surface area contributed by atoms with Crippen LogP contribution in [0, 0.1) is 23.7 Å². The predicted molar refractivity (Wildman–Crippen MR) is 90.7 cm³/mol. The molecule has 2 heteroatoms. The van der Waals surface area contributed by atoms with Crippen molar-refractivity contribution in [2.45, 2.75) is 90.3 Å². The van der Waals surface area contributed by atoms with Crippen LogP contribution in [-0.2, 0) is 9.47 Å². The van der Waals surface area contributed by atoms with Gasteiger partial charge in [0.05, 0.1) is 13.2 Å². The molecule has 1 saturated heterocycles. The second kappa shape index (κ2) is 7.66. The molecule has 3 rings (SSSR count). The summed E-state index contributed by atoms with van der Waals surface area (Å²) >= 11 is 0. The molecule has 0 aromatic carbocycles. The molecule has 2 saturated carbocycles. The first-order valence-electron chi connectivity index (χ1n) is 9.95. The summed E-state index contributed by atoms with van der Waals surface area (Å²) in [5.41, 5.74) is 0. The summed E-state index contributed by atoms with van der Waals surface area (Å²) in [7, 11) is 0. The SMILES string of the molecule is CC(C)CC1CCCCC(C2CCC3(CC2)OCCO3)CC1. The highest BCUT2D eigenvalue weighted by atomic mass is 16.7. The van der Waals surface area contributed by atoms with Gasteiger partial charge in [-0.2, -0.15) is 0 Å². The fourth-order valence-electron chi connectivity index (χ4n) is 5.29. The van der Waals surface area contributed by atoms with E-state index in [2.05, 4.69) is 13.8 Å². The van der Waals surface area contributed by atoms with Crippen molar-refractivity contribution in [1.82, 2.24) is 0 Å². The van der Waals surface area contributed by atoms with E-state index in [4.69, 9.17) is 9.47 Å². The van der Waals surface area contributed by atoms with Crippen LogP contribution < -0.4 is 0 Å². The van der Waals surface area contributed by atoms with Crippen molar-refractivity contribution in [3.05, 3.63) is 0 Å². The maximum Gasteiger partial charge on any atom is 0.168 e. The van der Waals surface area contributed by atoms with Crippen LogP contribution in [0.4, 0.5) is 0 Å². The van der Waals surface area contributed by atoms with Gasteiger partial charge in [0.2, 0.25) is 0 Å². The van der Waals surface area contributed by atoms with Gasteiger partial charge in [-0.05, 0) is 49.4 Å². The van der Waals surface area contributed by atoms with E-state index in [0.29, 0.717) is 0 Å². The molecule has 2 aliphatic carbocycles. The van der Waals surface area contributed by atoms with Crippen LogP contribution in [0.15, 0.2) is 0 Å². The number of rotatable bonds is 3. The zero-order chi connectivity index (χ0) is 15.4. The van der Waals surface area contributed by atoms with Gasteiger partial charge in [-0.3, -0.25) is 0 Å². The third kappa shape index (κ3) is 4.26. The van der Waals surface area contributed by atoms with Gasteiger partial charge in [0.1, 0.15) is 0 Å². The van der Waals surface area contributed by atoms with Crippen LogP contribution in [0.3, 0.4) is 0 Å². The van der Waals surface area contributed by atoms with Crippen LogP contribution in [0.2, 0.25) is 0 Å². The molecule has 0 radical (unpaired) electrons. The number of ether oxygens (including phenoxy) is 2. The summed E-state index contributed by atoms with van der Waals surface area (Å²) < 4.78 is 11.8. The second-order valence-electron chi connectivity index (χ2n) is 8.56. The molecule has 2 atom stereocenters. The molecule has 0 amide bonds. The van der Waals surface area contributed by atoms with Crippen molar-refractivity contribution in [3.8, 4) is 0 Å². The van der Waals surface area contributed by atoms with Gasteiger partial charge in [0.15, 0.2) is 5.79 Å². The zero-order valence-electron chi connectivity index (χ0n) is 14.8. The largest absolute Gasteiger partial charge is 0.348 e. The lowest BCUT2D eigenvalue weighted by Gasteiger charge is -2.39. The highest BCUT2D eigenvalue weighted by Gasteiger charge is 2.41. The minimum Gasteiger partial charge on any atom is -0.348 e. The minimum absolute atomic E-state index is 0.168. The van der Waals surface area contributed by atoms with E-state index in [-0.39, 0.29) is 5.79 Å². The fourth-order valence-corrected chi connectivity index (χ4v) is 5.29. The molecular weight excluding hydrogens is 272 g/mol.